The SMILES string of the molecule is COc1cc(C(=O)NC(C(=O)O)C(C)C)cc(OC)c1Br. The number of methoxy groups -OCH3 is 2. The molecular formula is C14H18BrNO5. The van der Waals surface area contributed by atoms with Crippen LogP contribution in [-0.4, -0.2) is 37.2 Å². The van der Waals surface area contributed by atoms with Crippen LogP contribution in [0, 0.1) is 5.92 Å². The van der Waals surface area contributed by atoms with Gasteiger partial charge in [-0.2, -0.15) is 0 Å². The molecule has 0 saturated heterocycles. The van der Waals surface area contributed by atoms with E-state index in [-0.39, 0.29) is 11.5 Å². The lowest BCUT2D eigenvalue weighted by Crippen LogP contribution is -2.44. The molecule has 1 rings (SSSR count). The highest BCUT2D eigenvalue weighted by Crippen LogP contribution is 2.35. The predicted molar refractivity (Wildman–Crippen MR) is 81.0 cm³/mol. The van der Waals surface area contributed by atoms with Gasteiger partial charge in [-0.1, -0.05) is 13.8 Å². The maximum atomic E-state index is 12.2. The van der Waals surface area contributed by atoms with Crippen molar-refractivity contribution in [3.8, 4) is 11.5 Å². The molecule has 0 radical (unpaired) electrons. The number of halogens is 1. The molecule has 7 heteroatoms. The number of hydrogen-bond donors (Lipinski definition) is 2. The van der Waals surface area contributed by atoms with Crippen molar-refractivity contribution in [3.05, 3.63) is 22.2 Å². The molecule has 0 aliphatic carbocycles. The summed E-state index contributed by atoms with van der Waals surface area (Å²) < 4.78 is 10.9. The first-order valence-electron chi connectivity index (χ1n) is 6.27. The molecule has 6 nitrogen and oxygen atoms in total. The van der Waals surface area contributed by atoms with E-state index in [1.807, 2.05) is 0 Å². The third-order valence-electron chi connectivity index (χ3n) is 2.93. The molecule has 1 aromatic carbocycles. The van der Waals surface area contributed by atoms with Crippen LogP contribution < -0.4 is 14.8 Å². The molecule has 0 spiro atoms. The van der Waals surface area contributed by atoms with Gasteiger partial charge in [-0.15, -0.1) is 0 Å². The molecule has 1 atom stereocenters. The summed E-state index contributed by atoms with van der Waals surface area (Å²) in [4.78, 5) is 23.3. The fraction of sp³-hybridized carbons (Fsp3) is 0.429. The summed E-state index contributed by atoms with van der Waals surface area (Å²) in [5.74, 6) is -0.952. The van der Waals surface area contributed by atoms with Crippen molar-refractivity contribution in [3.63, 3.8) is 0 Å². The minimum Gasteiger partial charge on any atom is -0.495 e. The van der Waals surface area contributed by atoms with Gasteiger partial charge in [-0.25, -0.2) is 4.79 Å². The molecule has 0 heterocycles. The van der Waals surface area contributed by atoms with E-state index < -0.39 is 17.9 Å². The van der Waals surface area contributed by atoms with Gasteiger partial charge in [0.15, 0.2) is 0 Å². The van der Waals surface area contributed by atoms with Crippen LogP contribution in [0.25, 0.3) is 0 Å². The Kier molecular flexibility index (Phi) is 6.02. The van der Waals surface area contributed by atoms with Gasteiger partial charge in [-0.3, -0.25) is 4.79 Å². The van der Waals surface area contributed by atoms with Crippen molar-refractivity contribution in [1.29, 1.82) is 0 Å². The fourth-order valence-electron chi connectivity index (χ4n) is 1.74. The number of nitrogens with one attached hydrogen (secondary N) is 1. The average molecular weight is 360 g/mol. The number of hydrogen-bond acceptors (Lipinski definition) is 4. The molecule has 0 fully saturated rings. The van der Waals surface area contributed by atoms with Gasteiger partial charge in [0, 0.05) is 5.56 Å². The Labute approximate surface area is 131 Å². The van der Waals surface area contributed by atoms with Crippen LogP contribution in [0.5, 0.6) is 11.5 Å². The summed E-state index contributed by atoms with van der Waals surface area (Å²) in [6.45, 7) is 3.45. The second-order valence-electron chi connectivity index (χ2n) is 4.73. The van der Waals surface area contributed by atoms with Crippen molar-refractivity contribution in [2.45, 2.75) is 19.9 Å². The van der Waals surface area contributed by atoms with E-state index in [2.05, 4.69) is 21.2 Å². The molecule has 1 unspecified atom stereocenters. The van der Waals surface area contributed by atoms with Crippen LogP contribution in [0.3, 0.4) is 0 Å². The van der Waals surface area contributed by atoms with Crippen molar-refractivity contribution in [2.75, 3.05) is 14.2 Å². The lowest BCUT2D eigenvalue weighted by Gasteiger charge is -2.18. The van der Waals surface area contributed by atoms with E-state index in [1.165, 1.54) is 26.4 Å². The third-order valence-corrected chi connectivity index (χ3v) is 3.71. The van der Waals surface area contributed by atoms with E-state index in [4.69, 9.17) is 14.6 Å². The molecule has 116 valence electrons. The van der Waals surface area contributed by atoms with Gasteiger partial charge < -0.3 is 19.9 Å². The number of carboxylic acid groups (broad SMARTS) is 1. The number of aliphatic carboxylic acids is 1. The van der Waals surface area contributed by atoms with Gasteiger partial charge >= 0.3 is 5.97 Å². The van der Waals surface area contributed by atoms with Gasteiger partial charge in [0.1, 0.15) is 22.0 Å². The quantitative estimate of drug-likeness (QED) is 0.813. The average Bonchev–Trinajstić information content (AvgIpc) is 2.43. The second kappa shape index (κ2) is 7.31. The third kappa shape index (κ3) is 4.10. The molecular weight excluding hydrogens is 342 g/mol. The summed E-state index contributed by atoms with van der Waals surface area (Å²) in [6.07, 6.45) is 0. The molecule has 1 amide bonds. The molecule has 2 N–H and O–H groups in total. The van der Waals surface area contributed by atoms with E-state index in [0.717, 1.165) is 0 Å². The van der Waals surface area contributed by atoms with E-state index >= 15 is 0 Å². The molecule has 1 aromatic rings. The van der Waals surface area contributed by atoms with Crippen LogP contribution in [0.15, 0.2) is 16.6 Å². The van der Waals surface area contributed by atoms with Crippen LogP contribution >= 0.6 is 15.9 Å². The van der Waals surface area contributed by atoms with Gasteiger partial charge in [0.2, 0.25) is 0 Å². The molecule has 0 aromatic heterocycles. The number of benzene rings is 1. The highest BCUT2D eigenvalue weighted by atomic mass is 79.9. The lowest BCUT2D eigenvalue weighted by molar-refractivity contribution is -0.140. The summed E-state index contributed by atoms with van der Waals surface area (Å²) >= 11 is 3.31. The maximum absolute atomic E-state index is 12.2. The normalized spacial score (nSPS) is 11.9. The number of carbonyl (C=O) groups excluding carboxylic acids is 1. The molecule has 0 saturated carbocycles. The Bertz CT molecular complexity index is 519. The summed E-state index contributed by atoms with van der Waals surface area (Å²) in [7, 11) is 2.94. The standard InChI is InChI=1S/C14H18BrNO5/c1-7(2)12(14(18)19)16-13(17)8-5-9(20-3)11(15)10(6-8)21-4/h5-7,12H,1-4H3,(H,16,17)(H,18,19). The molecule has 0 aliphatic rings. The minimum atomic E-state index is -1.07. The van der Waals surface area contributed by atoms with Gasteiger partial charge in [0.05, 0.1) is 14.2 Å². The molecule has 0 aliphatic heterocycles. The van der Waals surface area contributed by atoms with Crippen molar-refractivity contribution < 1.29 is 24.2 Å². The van der Waals surface area contributed by atoms with E-state index in [1.54, 1.807) is 13.8 Å². The van der Waals surface area contributed by atoms with Crippen molar-refractivity contribution >= 4 is 27.8 Å². The van der Waals surface area contributed by atoms with Crippen LogP contribution in [0.4, 0.5) is 0 Å². The Balaban J connectivity index is 3.10. The predicted octanol–water partition coefficient (Wildman–Crippen LogP) is 2.31. The first-order chi connectivity index (χ1) is 9.81. The van der Waals surface area contributed by atoms with Crippen molar-refractivity contribution in [1.82, 2.24) is 5.32 Å². The zero-order valence-corrected chi connectivity index (χ0v) is 13.9. The minimum absolute atomic E-state index is 0.231. The molecule has 21 heavy (non-hydrogen) atoms. The zero-order valence-electron chi connectivity index (χ0n) is 12.3. The van der Waals surface area contributed by atoms with Gasteiger partial charge in [0.25, 0.3) is 5.91 Å². The Hall–Kier alpha value is -1.76. The van der Waals surface area contributed by atoms with Crippen LogP contribution in [-0.2, 0) is 4.79 Å². The number of rotatable bonds is 6. The Morgan fingerprint density at radius 2 is 1.67 bits per heavy atom. The lowest BCUT2D eigenvalue weighted by atomic mass is 10.0. The van der Waals surface area contributed by atoms with E-state index in [0.29, 0.717) is 16.0 Å². The van der Waals surface area contributed by atoms with Crippen LogP contribution in [0.2, 0.25) is 0 Å². The van der Waals surface area contributed by atoms with Crippen molar-refractivity contribution in [2.24, 2.45) is 5.92 Å². The number of carboxylic acids is 1. The van der Waals surface area contributed by atoms with E-state index in [9.17, 15) is 9.59 Å². The summed E-state index contributed by atoms with van der Waals surface area (Å²) in [5.41, 5.74) is 0.263. The van der Waals surface area contributed by atoms with Crippen LogP contribution in [0.1, 0.15) is 24.2 Å². The summed E-state index contributed by atoms with van der Waals surface area (Å²) in [6, 6.07) is 2.07. The Morgan fingerprint density at radius 1 is 1.19 bits per heavy atom. The monoisotopic (exact) mass is 359 g/mol. The number of amides is 1. The highest BCUT2D eigenvalue weighted by Gasteiger charge is 2.25. The first-order valence-corrected chi connectivity index (χ1v) is 7.06. The highest BCUT2D eigenvalue weighted by molar-refractivity contribution is 9.10. The number of ether oxygens (including phenoxy) is 2. The summed E-state index contributed by atoms with van der Waals surface area (Å²) in [5, 5.41) is 11.6. The fourth-order valence-corrected chi connectivity index (χ4v) is 2.29. The first kappa shape index (κ1) is 17.3. The zero-order chi connectivity index (χ0) is 16.2. The number of carbonyl (C=O) groups is 2. The second-order valence-corrected chi connectivity index (χ2v) is 5.52. The topological polar surface area (TPSA) is 84.9 Å². The Morgan fingerprint density at radius 3 is 2.00 bits per heavy atom. The maximum Gasteiger partial charge on any atom is 0.326 e. The largest absolute Gasteiger partial charge is 0.495 e. The molecule has 0 bridgehead atoms. The van der Waals surface area contributed by atoms with Gasteiger partial charge in [-0.05, 0) is 34.0 Å². The smallest absolute Gasteiger partial charge is 0.326 e.